The lowest BCUT2D eigenvalue weighted by atomic mass is 10.1. The predicted molar refractivity (Wildman–Crippen MR) is 123 cm³/mol. The lowest BCUT2D eigenvalue weighted by molar-refractivity contribution is 0.0842. The molecule has 0 aliphatic rings. The Morgan fingerprint density at radius 3 is 2.38 bits per heavy atom. The highest BCUT2D eigenvalue weighted by molar-refractivity contribution is 7.98. The molecule has 2 aromatic carbocycles. The second kappa shape index (κ2) is 11.5. The molecule has 0 spiro atoms. The molecule has 2 amide bonds. The lowest BCUT2D eigenvalue weighted by Gasteiger charge is -2.09. The minimum absolute atomic E-state index is 0.00410. The van der Waals surface area contributed by atoms with Crippen LogP contribution >= 0.6 is 23.4 Å². The first-order chi connectivity index (χ1) is 15.5. The first-order valence-corrected chi connectivity index (χ1v) is 11.0. The molecule has 0 aliphatic heterocycles. The number of halogens is 1. The number of methoxy groups -OCH3 is 1. The molecule has 10 heteroatoms. The smallest absolute Gasteiger partial charge is 0.290 e. The molecule has 0 radical (unpaired) electrons. The second-order valence-corrected chi connectivity index (χ2v) is 8.11. The van der Waals surface area contributed by atoms with Gasteiger partial charge in [0.15, 0.2) is 5.69 Å². The fourth-order valence-electron chi connectivity index (χ4n) is 2.61. The Hall–Kier alpha value is -3.14. The van der Waals surface area contributed by atoms with Crippen LogP contribution in [0.1, 0.15) is 26.4 Å². The number of carbonyl (C=O) groups is 2. The first kappa shape index (κ1) is 23.5. The number of aromatic nitrogens is 2. The number of nitrogens with one attached hydrogen (secondary N) is 2. The maximum absolute atomic E-state index is 12.3. The Morgan fingerprint density at radius 1 is 1.00 bits per heavy atom. The molecule has 1 aromatic heterocycles. The maximum atomic E-state index is 12.3. The van der Waals surface area contributed by atoms with Crippen molar-refractivity contribution in [2.24, 2.45) is 0 Å². The molecular weight excluding hydrogens is 452 g/mol. The summed E-state index contributed by atoms with van der Waals surface area (Å²) in [6.07, 6.45) is 0. The first-order valence-electron chi connectivity index (χ1n) is 9.61. The van der Waals surface area contributed by atoms with Gasteiger partial charge < -0.3 is 4.74 Å². The van der Waals surface area contributed by atoms with Crippen molar-refractivity contribution in [1.29, 1.82) is 0 Å². The van der Waals surface area contributed by atoms with Gasteiger partial charge in [0.2, 0.25) is 0 Å². The molecule has 166 valence electrons. The van der Waals surface area contributed by atoms with Crippen molar-refractivity contribution in [3.63, 3.8) is 0 Å². The zero-order valence-electron chi connectivity index (χ0n) is 17.2. The highest BCUT2D eigenvalue weighted by atomic mass is 35.5. The van der Waals surface area contributed by atoms with Gasteiger partial charge in [0.1, 0.15) is 0 Å². The van der Waals surface area contributed by atoms with E-state index in [2.05, 4.69) is 16.0 Å². The van der Waals surface area contributed by atoms with Gasteiger partial charge in [-0.05, 0) is 48.0 Å². The van der Waals surface area contributed by atoms with Crippen molar-refractivity contribution in [2.75, 3.05) is 13.7 Å². The van der Waals surface area contributed by atoms with Crippen molar-refractivity contribution in [3.8, 4) is 0 Å². The molecule has 0 saturated carbocycles. The Bertz CT molecular complexity index is 1130. The number of hydrogen-bond acceptors (Lipinski definition) is 6. The van der Waals surface area contributed by atoms with E-state index < -0.39 is 11.8 Å². The van der Waals surface area contributed by atoms with Gasteiger partial charge in [-0.15, -0.1) is 11.8 Å². The summed E-state index contributed by atoms with van der Waals surface area (Å²) in [5.41, 5.74) is 5.74. The minimum Gasteiger partial charge on any atom is -0.383 e. The second-order valence-electron chi connectivity index (χ2n) is 6.62. The standard InChI is InChI=1S/C22H21ClN4O4S/c1-31-13-12-27-20(28)11-10-19(26-27)22(30)25-24-21(29)16-4-2-15(3-5-16)14-32-18-8-6-17(23)7-9-18/h2-11H,12-14H2,1H3,(H,24,29)(H,25,30). The zero-order chi connectivity index (χ0) is 22.9. The molecule has 3 rings (SSSR count). The molecule has 0 aliphatic carbocycles. The van der Waals surface area contributed by atoms with Crippen LogP contribution < -0.4 is 16.4 Å². The number of hydrazine groups is 1. The molecule has 0 fully saturated rings. The fraction of sp³-hybridized carbons (Fsp3) is 0.182. The summed E-state index contributed by atoms with van der Waals surface area (Å²) in [5.74, 6) is -0.367. The van der Waals surface area contributed by atoms with E-state index in [-0.39, 0.29) is 24.4 Å². The van der Waals surface area contributed by atoms with Crippen LogP contribution in [0.3, 0.4) is 0 Å². The monoisotopic (exact) mass is 472 g/mol. The molecule has 3 aromatic rings. The number of carbonyl (C=O) groups excluding carboxylic acids is 2. The highest BCUT2D eigenvalue weighted by Gasteiger charge is 2.12. The molecule has 1 heterocycles. The molecule has 0 bridgehead atoms. The van der Waals surface area contributed by atoms with Crippen LogP contribution in [0.25, 0.3) is 0 Å². The topological polar surface area (TPSA) is 102 Å². The quantitative estimate of drug-likeness (QED) is 0.386. The van der Waals surface area contributed by atoms with Crippen molar-refractivity contribution >= 4 is 35.2 Å². The third-order valence-corrected chi connectivity index (χ3v) is 5.67. The van der Waals surface area contributed by atoms with Crippen LogP contribution in [-0.2, 0) is 17.0 Å². The Balaban J connectivity index is 1.52. The van der Waals surface area contributed by atoms with Gasteiger partial charge >= 0.3 is 0 Å². The zero-order valence-corrected chi connectivity index (χ0v) is 18.8. The van der Waals surface area contributed by atoms with Gasteiger partial charge in [0.25, 0.3) is 17.4 Å². The van der Waals surface area contributed by atoms with Gasteiger partial charge in [-0.1, -0.05) is 23.7 Å². The summed E-state index contributed by atoms with van der Waals surface area (Å²) in [4.78, 5) is 37.5. The van der Waals surface area contributed by atoms with Crippen molar-refractivity contribution < 1.29 is 14.3 Å². The van der Waals surface area contributed by atoms with Gasteiger partial charge in [-0.25, -0.2) is 4.68 Å². The van der Waals surface area contributed by atoms with Crippen LogP contribution in [0.2, 0.25) is 5.02 Å². The summed E-state index contributed by atoms with van der Waals surface area (Å²) in [6, 6.07) is 17.2. The van der Waals surface area contributed by atoms with Gasteiger partial charge in [0, 0.05) is 34.4 Å². The van der Waals surface area contributed by atoms with Crippen LogP contribution in [-0.4, -0.2) is 35.3 Å². The highest BCUT2D eigenvalue weighted by Crippen LogP contribution is 2.24. The molecule has 32 heavy (non-hydrogen) atoms. The largest absolute Gasteiger partial charge is 0.383 e. The summed E-state index contributed by atoms with van der Waals surface area (Å²) < 4.78 is 6.04. The summed E-state index contributed by atoms with van der Waals surface area (Å²) in [6.45, 7) is 0.494. The normalized spacial score (nSPS) is 10.6. The number of ether oxygens (including phenoxy) is 1. The third-order valence-electron chi connectivity index (χ3n) is 4.33. The summed E-state index contributed by atoms with van der Waals surface area (Å²) >= 11 is 7.55. The molecule has 8 nitrogen and oxygen atoms in total. The van der Waals surface area contributed by atoms with Gasteiger partial charge in [-0.3, -0.25) is 25.2 Å². The molecular formula is C22H21ClN4O4S. The number of amides is 2. The minimum atomic E-state index is -0.638. The third kappa shape index (κ3) is 6.68. The van der Waals surface area contributed by atoms with E-state index in [0.29, 0.717) is 10.6 Å². The number of hydrogen-bond donors (Lipinski definition) is 2. The average Bonchev–Trinajstić information content (AvgIpc) is 2.81. The Labute approximate surface area is 193 Å². The Morgan fingerprint density at radius 2 is 1.69 bits per heavy atom. The number of nitrogens with zero attached hydrogens (tertiary/aromatic N) is 2. The van der Waals surface area contributed by atoms with Gasteiger partial charge in [-0.2, -0.15) is 5.10 Å². The summed E-state index contributed by atoms with van der Waals surface area (Å²) in [5, 5.41) is 4.67. The number of rotatable bonds is 8. The lowest BCUT2D eigenvalue weighted by Crippen LogP contribution is -2.42. The number of thioether (sulfide) groups is 1. The molecule has 0 unspecified atom stereocenters. The van der Waals surface area contributed by atoms with Crippen molar-refractivity contribution in [2.45, 2.75) is 17.2 Å². The van der Waals surface area contributed by atoms with E-state index in [9.17, 15) is 14.4 Å². The molecule has 0 saturated heterocycles. The SMILES string of the molecule is COCCn1nc(C(=O)NNC(=O)c2ccc(CSc3ccc(Cl)cc3)cc2)ccc1=O. The van der Waals surface area contributed by atoms with Crippen LogP contribution in [0, 0.1) is 0 Å². The van der Waals surface area contributed by atoms with Crippen molar-refractivity contribution in [3.05, 3.63) is 92.9 Å². The maximum Gasteiger partial charge on any atom is 0.290 e. The van der Waals surface area contributed by atoms with E-state index in [4.69, 9.17) is 16.3 Å². The van der Waals surface area contributed by atoms with Crippen molar-refractivity contribution in [1.82, 2.24) is 20.6 Å². The Kier molecular flexibility index (Phi) is 8.43. The van der Waals surface area contributed by atoms with E-state index in [1.165, 1.54) is 19.2 Å². The number of benzene rings is 2. The van der Waals surface area contributed by atoms with Crippen LogP contribution in [0.15, 0.2) is 70.4 Å². The van der Waals surface area contributed by atoms with E-state index >= 15 is 0 Å². The van der Waals surface area contributed by atoms with Crippen LogP contribution in [0.4, 0.5) is 0 Å². The predicted octanol–water partition coefficient (Wildman–Crippen LogP) is 2.91. The summed E-state index contributed by atoms with van der Waals surface area (Å²) in [7, 11) is 1.50. The van der Waals surface area contributed by atoms with E-state index in [1.807, 2.05) is 36.4 Å². The molecule has 2 N–H and O–H groups in total. The van der Waals surface area contributed by atoms with Crippen LogP contribution in [0.5, 0.6) is 0 Å². The van der Waals surface area contributed by atoms with E-state index in [1.54, 1.807) is 23.9 Å². The van der Waals surface area contributed by atoms with E-state index in [0.717, 1.165) is 20.9 Å². The molecule has 0 atom stereocenters. The fourth-order valence-corrected chi connectivity index (χ4v) is 3.59. The average molecular weight is 473 g/mol. The van der Waals surface area contributed by atoms with Gasteiger partial charge in [0.05, 0.1) is 13.2 Å².